The van der Waals surface area contributed by atoms with E-state index in [1.54, 1.807) is 0 Å². The van der Waals surface area contributed by atoms with Crippen LogP contribution in [0.5, 0.6) is 0 Å². The van der Waals surface area contributed by atoms with Gasteiger partial charge in [0, 0.05) is 32.8 Å². The molecule has 0 atom stereocenters. The Balaban J connectivity index is 3.78. The quantitative estimate of drug-likeness (QED) is 0.268. The second-order valence-electron chi connectivity index (χ2n) is 3.92. The van der Waals surface area contributed by atoms with E-state index in [2.05, 4.69) is 20.4 Å². The second kappa shape index (κ2) is 13.1. The second-order valence-corrected chi connectivity index (χ2v) is 3.92. The first-order valence-electron chi connectivity index (χ1n) is 6.91. The molecule has 6 heteroatoms. The van der Waals surface area contributed by atoms with E-state index >= 15 is 0 Å². The van der Waals surface area contributed by atoms with Crippen LogP contribution in [0.3, 0.4) is 0 Å². The summed E-state index contributed by atoms with van der Waals surface area (Å²) in [6.45, 7) is 7.62. The molecule has 0 fully saturated rings. The van der Waals surface area contributed by atoms with Crippen LogP contribution in [0.2, 0.25) is 0 Å². The van der Waals surface area contributed by atoms with Crippen molar-refractivity contribution in [2.45, 2.75) is 33.1 Å². The number of carbonyl (C=O) groups is 1. The molecule has 0 aliphatic heterocycles. The molecule has 0 aliphatic rings. The van der Waals surface area contributed by atoms with E-state index in [0.29, 0.717) is 13.0 Å². The number of esters is 1. The third kappa shape index (κ3) is 11.5. The number of hydrogen-bond acceptors (Lipinski definition) is 4. The molecule has 0 heterocycles. The summed E-state index contributed by atoms with van der Waals surface area (Å²) in [5, 5.41) is 6.23. The van der Waals surface area contributed by atoms with Gasteiger partial charge in [-0.3, -0.25) is 9.79 Å². The Bertz CT molecular complexity index is 258. The van der Waals surface area contributed by atoms with Gasteiger partial charge in [0.2, 0.25) is 0 Å². The van der Waals surface area contributed by atoms with Gasteiger partial charge in [0.05, 0.1) is 13.5 Å². The van der Waals surface area contributed by atoms with Gasteiger partial charge < -0.3 is 20.1 Å². The Kier molecular flexibility index (Phi) is 12.2. The number of guanidine groups is 1. The zero-order chi connectivity index (χ0) is 14.3. The number of unbranched alkanes of at least 4 members (excludes halogenated alkanes) is 1. The minimum absolute atomic E-state index is 0.222. The molecule has 19 heavy (non-hydrogen) atoms. The highest BCUT2D eigenvalue weighted by molar-refractivity contribution is 5.80. The van der Waals surface area contributed by atoms with Crippen LogP contribution in [-0.2, 0) is 14.3 Å². The summed E-state index contributed by atoms with van der Waals surface area (Å²) in [7, 11) is 1.39. The van der Waals surface area contributed by atoms with E-state index in [1.807, 2.05) is 13.8 Å². The Morgan fingerprint density at radius 1 is 1.21 bits per heavy atom. The zero-order valence-electron chi connectivity index (χ0n) is 12.3. The number of aliphatic imine (C=N–C) groups is 1. The number of nitrogens with one attached hydrogen (secondary N) is 2. The van der Waals surface area contributed by atoms with E-state index in [4.69, 9.17) is 4.74 Å². The first-order valence-corrected chi connectivity index (χ1v) is 6.91. The van der Waals surface area contributed by atoms with Gasteiger partial charge in [-0.1, -0.05) is 0 Å². The van der Waals surface area contributed by atoms with E-state index < -0.39 is 0 Å². The van der Waals surface area contributed by atoms with E-state index in [9.17, 15) is 4.79 Å². The maximum absolute atomic E-state index is 11.0. The number of ether oxygens (including phenoxy) is 2. The van der Waals surface area contributed by atoms with Crippen LogP contribution in [0.1, 0.15) is 33.1 Å². The number of nitrogens with zero attached hydrogens (tertiary/aromatic N) is 1. The third-order valence-electron chi connectivity index (χ3n) is 2.36. The van der Waals surface area contributed by atoms with Gasteiger partial charge in [-0.2, -0.15) is 0 Å². The summed E-state index contributed by atoms with van der Waals surface area (Å²) in [6.07, 6.45) is 2.34. The summed E-state index contributed by atoms with van der Waals surface area (Å²) >= 11 is 0. The maximum atomic E-state index is 11.0. The van der Waals surface area contributed by atoms with Crippen LogP contribution >= 0.6 is 0 Å². The first-order chi connectivity index (χ1) is 9.24. The molecule has 0 aromatic rings. The summed E-state index contributed by atoms with van der Waals surface area (Å²) in [5.74, 6) is 0.517. The molecule has 112 valence electrons. The summed E-state index contributed by atoms with van der Waals surface area (Å²) in [6, 6.07) is 0. The molecule has 0 amide bonds. The number of hydrogen-bond donors (Lipinski definition) is 2. The monoisotopic (exact) mass is 273 g/mol. The van der Waals surface area contributed by atoms with Gasteiger partial charge in [0.25, 0.3) is 0 Å². The van der Waals surface area contributed by atoms with Crippen molar-refractivity contribution in [2.24, 2.45) is 4.99 Å². The normalized spacial score (nSPS) is 11.2. The summed E-state index contributed by atoms with van der Waals surface area (Å²) in [5.41, 5.74) is 0. The lowest BCUT2D eigenvalue weighted by atomic mass is 10.3. The molecule has 0 aliphatic carbocycles. The average Bonchev–Trinajstić information content (AvgIpc) is 2.42. The lowest BCUT2D eigenvalue weighted by Gasteiger charge is -2.10. The lowest BCUT2D eigenvalue weighted by Crippen LogP contribution is -2.38. The predicted octanol–water partition coefficient (Wildman–Crippen LogP) is 0.921. The van der Waals surface area contributed by atoms with Crippen LogP contribution in [0.15, 0.2) is 4.99 Å². The molecule has 0 unspecified atom stereocenters. The van der Waals surface area contributed by atoms with Crippen LogP contribution < -0.4 is 10.6 Å². The van der Waals surface area contributed by atoms with E-state index in [1.165, 1.54) is 7.11 Å². The highest BCUT2D eigenvalue weighted by Gasteiger charge is 2.01. The Morgan fingerprint density at radius 2 is 2.00 bits per heavy atom. The van der Waals surface area contributed by atoms with Crippen molar-refractivity contribution in [3.8, 4) is 0 Å². The first kappa shape index (κ1) is 17.7. The van der Waals surface area contributed by atoms with Gasteiger partial charge in [0.1, 0.15) is 0 Å². The molecule has 6 nitrogen and oxygen atoms in total. The molecule has 0 aromatic heterocycles. The molecule has 2 N–H and O–H groups in total. The van der Waals surface area contributed by atoms with Crippen molar-refractivity contribution < 1.29 is 14.3 Å². The Hall–Kier alpha value is -1.30. The highest BCUT2D eigenvalue weighted by atomic mass is 16.5. The van der Waals surface area contributed by atoms with E-state index in [-0.39, 0.29) is 5.97 Å². The van der Waals surface area contributed by atoms with Crippen LogP contribution in [-0.4, -0.2) is 51.9 Å². The minimum Gasteiger partial charge on any atom is -0.469 e. The molecule has 0 aromatic carbocycles. The van der Waals surface area contributed by atoms with Gasteiger partial charge in [-0.05, 0) is 26.7 Å². The maximum Gasteiger partial charge on any atom is 0.307 e. The van der Waals surface area contributed by atoms with Gasteiger partial charge in [0.15, 0.2) is 5.96 Å². The molecular formula is C13H27N3O3. The Morgan fingerprint density at radius 3 is 2.63 bits per heavy atom. The fourth-order valence-corrected chi connectivity index (χ4v) is 1.38. The molecule has 0 saturated heterocycles. The molecule has 0 saturated carbocycles. The minimum atomic E-state index is -0.222. The van der Waals surface area contributed by atoms with Crippen molar-refractivity contribution in [1.29, 1.82) is 0 Å². The largest absolute Gasteiger partial charge is 0.469 e. The van der Waals surface area contributed by atoms with Crippen LogP contribution in [0.25, 0.3) is 0 Å². The van der Waals surface area contributed by atoms with Crippen molar-refractivity contribution in [3.05, 3.63) is 0 Å². The van der Waals surface area contributed by atoms with Crippen molar-refractivity contribution in [1.82, 2.24) is 10.6 Å². The van der Waals surface area contributed by atoms with Crippen LogP contribution in [0, 0.1) is 0 Å². The number of carbonyl (C=O) groups excluding carboxylic acids is 1. The van der Waals surface area contributed by atoms with Gasteiger partial charge in [-0.25, -0.2) is 0 Å². The van der Waals surface area contributed by atoms with Crippen molar-refractivity contribution in [2.75, 3.05) is 40.0 Å². The number of methoxy groups -OCH3 is 1. The van der Waals surface area contributed by atoms with Gasteiger partial charge >= 0.3 is 5.97 Å². The number of rotatable bonds is 10. The summed E-state index contributed by atoms with van der Waals surface area (Å²) < 4.78 is 9.84. The lowest BCUT2D eigenvalue weighted by molar-refractivity contribution is -0.140. The molecule has 0 rings (SSSR count). The molecule has 0 bridgehead atoms. The summed E-state index contributed by atoms with van der Waals surface area (Å²) in [4.78, 5) is 15.4. The fourth-order valence-electron chi connectivity index (χ4n) is 1.38. The van der Waals surface area contributed by atoms with Crippen molar-refractivity contribution >= 4 is 11.9 Å². The van der Waals surface area contributed by atoms with Crippen molar-refractivity contribution in [3.63, 3.8) is 0 Å². The standard InChI is InChI=1S/C13H27N3O3/c1-4-14-13(16-10-8-12(17)18-3)15-9-6-7-11-19-5-2/h4-11H2,1-3H3,(H2,14,15,16). The third-order valence-corrected chi connectivity index (χ3v) is 2.36. The zero-order valence-corrected chi connectivity index (χ0v) is 12.3. The van der Waals surface area contributed by atoms with E-state index in [0.717, 1.165) is 45.1 Å². The Labute approximate surface area is 116 Å². The predicted molar refractivity (Wildman–Crippen MR) is 76.3 cm³/mol. The highest BCUT2D eigenvalue weighted by Crippen LogP contribution is 1.91. The fraction of sp³-hybridized carbons (Fsp3) is 0.846. The smallest absolute Gasteiger partial charge is 0.307 e. The SMILES string of the molecule is CCNC(=NCCCCOCC)NCCC(=O)OC. The topological polar surface area (TPSA) is 72.0 Å². The molecule has 0 radical (unpaired) electrons. The molecular weight excluding hydrogens is 246 g/mol. The average molecular weight is 273 g/mol. The molecule has 0 spiro atoms. The van der Waals surface area contributed by atoms with Gasteiger partial charge in [-0.15, -0.1) is 0 Å². The van der Waals surface area contributed by atoms with Crippen LogP contribution in [0.4, 0.5) is 0 Å².